The van der Waals surface area contributed by atoms with E-state index in [1.54, 1.807) is 24.0 Å². The van der Waals surface area contributed by atoms with E-state index in [1.807, 2.05) is 0 Å². The number of thioether (sulfide) groups is 1. The SMILES string of the molecule is CC(C)(C)c1ccc(CSc2cnc(N)cc2OC2COC2)cc1. The van der Waals surface area contributed by atoms with Gasteiger partial charge in [-0.05, 0) is 16.5 Å². The van der Waals surface area contributed by atoms with Gasteiger partial charge in [-0.3, -0.25) is 0 Å². The highest BCUT2D eigenvalue weighted by atomic mass is 32.2. The quantitative estimate of drug-likeness (QED) is 0.830. The summed E-state index contributed by atoms with van der Waals surface area (Å²) in [4.78, 5) is 5.21. The maximum Gasteiger partial charge on any atom is 0.145 e. The molecule has 0 bridgehead atoms. The van der Waals surface area contributed by atoms with Gasteiger partial charge in [-0.1, -0.05) is 45.0 Å². The highest BCUT2D eigenvalue weighted by molar-refractivity contribution is 7.98. The molecule has 1 aromatic carbocycles. The molecule has 128 valence electrons. The van der Waals surface area contributed by atoms with Gasteiger partial charge in [0.05, 0.1) is 18.1 Å². The predicted molar refractivity (Wildman–Crippen MR) is 98.6 cm³/mol. The van der Waals surface area contributed by atoms with E-state index in [-0.39, 0.29) is 11.5 Å². The number of anilines is 1. The van der Waals surface area contributed by atoms with E-state index in [9.17, 15) is 0 Å². The van der Waals surface area contributed by atoms with Gasteiger partial charge in [-0.2, -0.15) is 0 Å². The van der Waals surface area contributed by atoms with E-state index in [4.69, 9.17) is 15.2 Å². The molecule has 1 aliphatic heterocycles. The molecule has 3 rings (SSSR count). The summed E-state index contributed by atoms with van der Waals surface area (Å²) in [5, 5.41) is 0. The first-order valence-electron chi connectivity index (χ1n) is 8.14. The summed E-state index contributed by atoms with van der Waals surface area (Å²) in [6, 6.07) is 10.6. The minimum atomic E-state index is 0.122. The third kappa shape index (κ3) is 4.22. The van der Waals surface area contributed by atoms with E-state index in [2.05, 4.69) is 50.0 Å². The number of nitrogen functional groups attached to an aromatic ring is 1. The lowest BCUT2D eigenvalue weighted by Crippen LogP contribution is -2.38. The van der Waals surface area contributed by atoms with E-state index < -0.39 is 0 Å². The number of hydrogen-bond donors (Lipinski definition) is 1. The molecule has 0 radical (unpaired) electrons. The Kier molecular flexibility index (Phi) is 5.01. The van der Waals surface area contributed by atoms with Gasteiger partial charge in [0, 0.05) is 18.0 Å². The molecule has 2 N–H and O–H groups in total. The molecule has 0 amide bonds. The lowest BCUT2D eigenvalue weighted by atomic mass is 9.87. The first kappa shape index (κ1) is 17.1. The Hall–Kier alpha value is -1.72. The van der Waals surface area contributed by atoms with Crippen LogP contribution in [0.5, 0.6) is 5.75 Å². The summed E-state index contributed by atoms with van der Waals surface area (Å²) in [6.45, 7) is 7.96. The number of benzene rings is 1. The second-order valence-corrected chi connectivity index (χ2v) is 8.09. The molecule has 1 aliphatic rings. The number of aromatic nitrogens is 1. The average Bonchev–Trinajstić information content (AvgIpc) is 2.49. The van der Waals surface area contributed by atoms with Crippen LogP contribution in [-0.4, -0.2) is 24.3 Å². The molecular formula is C19H24N2O2S. The fraction of sp³-hybridized carbons (Fsp3) is 0.421. The number of nitrogens with two attached hydrogens (primary N) is 1. The molecule has 0 atom stereocenters. The number of rotatable bonds is 5. The van der Waals surface area contributed by atoms with Crippen molar-refractivity contribution in [1.82, 2.24) is 4.98 Å². The van der Waals surface area contributed by atoms with E-state index in [0.717, 1.165) is 16.4 Å². The summed E-state index contributed by atoms with van der Waals surface area (Å²) in [6.07, 6.45) is 1.91. The highest BCUT2D eigenvalue weighted by Crippen LogP contribution is 2.34. The van der Waals surface area contributed by atoms with Crippen molar-refractivity contribution in [2.75, 3.05) is 18.9 Å². The summed E-state index contributed by atoms with van der Waals surface area (Å²) < 4.78 is 11.1. The molecule has 2 heterocycles. The van der Waals surface area contributed by atoms with Crippen LogP contribution in [0.25, 0.3) is 0 Å². The van der Waals surface area contributed by atoms with Gasteiger partial charge in [-0.15, -0.1) is 11.8 Å². The molecule has 5 heteroatoms. The fourth-order valence-corrected chi connectivity index (χ4v) is 3.25. The Morgan fingerprint density at radius 2 is 1.96 bits per heavy atom. The molecule has 1 aromatic heterocycles. The maximum absolute atomic E-state index is 5.95. The summed E-state index contributed by atoms with van der Waals surface area (Å²) in [7, 11) is 0. The van der Waals surface area contributed by atoms with Crippen molar-refractivity contribution >= 4 is 17.6 Å². The van der Waals surface area contributed by atoms with Crippen molar-refractivity contribution < 1.29 is 9.47 Å². The van der Waals surface area contributed by atoms with Crippen LogP contribution in [0, 0.1) is 0 Å². The fourth-order valence-electron chi connectivity index (χ4n) is 2.36. The van der Waals surface area contributed by atoms with Crippen molar-refractivity contribution in [2.45, 2.75) is 42.9 Å². The van der Waals surface area contributed by atoms with Crippen LogP contribution in [0.3, 0.4) is 0 Å². The number of hydrogen-bond acceptors (Lipinski definition) is 5. The van der Waals surface area contributed by atoms with Gasteiger partial charge in [-0.25, -0.2) is 4.98 Å². The maximum atomic E-state index is 5.95. The molecular weight excluding hydrogens is 320 g/mol. The van der Waals surface area contributed by atoms with Gasteiger partial charge in [0.15, 0.2) is 0 Å². The number of pyridine rings is 1. The Balaban J connectivity index is 1.67. The topological polar surface area (TPSA) is 57.4 Å². The lowest BCUT2D eigenvalue weighted by Gasteiger charge is -2.27. The van der Waals surface area contributed by atoms with Crippen LogP contribution in [0.2, 0.25) is 0 Å². The summed E-state index contributed by atoms with van der Waals surface area (Å²) in [5.74, 6) is 2.14. The van der Waals surface area contributed by atoms with Crippen LogP contribution in [0.4, 0.5) is 5.82 Å². The second kappa shape index (κ2) is 7.03. The van der Waals surface area contributed by atoms with Crippen LogP contribution in [0.15, 0.2) is 41.4 Å². The molecule has 0 saturated carbocycles. The molecule has 0 aliphatic carbocycles. The third-order valence-electron chi connectivity index (χ3n) is 3.97. The van der Waals surface area contributed by atoms with Crippen LogP contribution in [-0.2, 0) is 15.9 Å². The Morgan fingerprint density at radius 3 is 2.54 bits per heavy atom. The first-order chi connectivity index (χ1) is 11.4. The largest absolute Gasteiger partial charge is 0.484 e. The van der Waals surface area contributed by atoms with Gasteiger partial charge in [0.25, 0.3) is 0 Å². The smallest absolute Gasteiger partial charge is 0.145 e. The van der Waals surface area contributed by atoms with Crippen LogP contribution >= 0.6 is 11.8 Å². The summed E-state index contributed by atoms with van der Waals surface area (Å²) in [5.41, 5.74) is 8.60. The highest BCUT2D eigenvalue weighted by Gasteiger charge is 2.22. The molecule has 1 fully saturated rings. The van der Waals surface area contributed by atoms with Crippen molar-refractivity contribution in [2.24, 2.45) is 0 Å². The average molecular weight is 344 g/mol. The Morgan fingerprint density at radius 1 is 1.25 bits per heavy atom. The van der Waals surface area contributed by atoms with Gasteiger partial charge >= 0.3 is 0 Å². The zero-order valence-corrected chi connectivity index (χ0v) is 15.2. The molecule has 0 unspecified atom stereocenters. The minimum absolute atomic E-state index is 0.122. The van der Waals surface area contributed by atoms with Crippen LogP contribution < -0.4 is 10.5 Å². The second-order valence-electron chi connectivity index (χ2n) is 7.07. The monoisotopic (exact) mass is 344 g/mol. The normalized spacial score (nSPS) is 15.1. The van der Waals surface area contributed by atoms with Crippen molar-refractivity contribution in [3.05, 3.63) is 47.7 Å². The summed E-state index contributed by atoms with van der Waals surface area (Å²) >= 11 is 1.71. The standard InChI is InChI=1S/C19H24N2O2S/c1-19(2,3)14-6-4-13(5-7-14)12-24-17-9-21-18(20)8-16(17)23-15-10-22-11-15/h4-9,15H,10-12H2,1-3H3,(H2,20,21). The zero-order chi connectivity index (χ0) is 17.2. The Bertz CT molecular complexity index is 692. The van der Waals surface area contributed by atoms with E-state index in [0.29, 0.717) is 19.0 Å². The zero-order valence-electron chi connectivity index (χ0n) is 14.4. The number of ether oxygens (including phenoxy) is 2. The van der Waals surface area contributed by atoms with Crippen molar-refractivity contribution in [3.8, 4) is 5.75 Å². The molecule has 24 heavy (non-hydrogen) atoms. The van der Waals surface area contributed by atoms with Gasteiger partial charge in [0.2, 0.25) is 0 Å². The predicted octanol–water partition coefficient (Wildman–Crippen LogP) is 4.03. The molecule has 1 saturated heterocycles. The minimum Gasteiger partial charge on any atom is -0.484 e. The van der Waals surface area contributed by atoms with Crippen LogP contribution in [0.1, 0.15) is 31.9 Å². The molecule has 4 nitrogen and oxygen atoms in total. The third-order valence-corrected chi connectivity index (χ3v) is 5.06. The van der Waals surface area contributed by atoms with E-state index >= 15 is 0 Å². The van der Waals surface area contributed by atoms with Gasteiger partial charge < -0.3 is 15.2 Å². The van der Waals surface area contributed by atoms with Crippen molar-refractivity contribution in [3.63, 3.8) is 0 Å². The van der Waals surface area contributed by atoms with Gasteiger partial charge in [0.1, 0.15) is 17.7 Å². The van der Waals surface area contributed by atoms with E-state index in [1.165, 1.54) is 11.1 Å². The lowest BCUT2D eigenvalue weighted by molar-refractivity contribution is -0.0806. The first-order valence-corrected chi connectivity index (χ1v) is 9.12. The van der Waals surface area contributed by atoms with Crippen molar-refractivity contribution in [1.29, 1.82) is 0 Å². The molecule has 2 aromatic rings. The molecule has 0 spiro atoms. The number of nitrogens with zero attached hydrogens (tertiary/aromatic N) is 1. The Labute approximate surface area is 147 Å².